The zero-order valence-corrected chi connectivity index (χ0v) is 12.5. The summed E-state index contributed by atoms with van der Waals surface area (Å²) in [6, 6.07) is 4.87. The summed E-state index contributed by atoms with van der Waals surface area (Å²) in [5.41, 5.74) is 0.452. The van der Waals surface area contributed by atoms with Crippen LogP contribution in [-0.4, -0.2) is 30.1 Å². The van der Waals surface area contributed by atoms with Crippen molar-refractivity contribution in [2.24, 2.45) is 0 Å². The topological polar surface area (TPSA) is 61.4 Å². The SMILES string of the molecule is O=C(NC[C@H](O)c1c(Cl)cccc1Cl)[C@H]1CCCCN1. The second-order valence-corrected chi connectivity index (χ2v) is 5.71. The number of hydrogen-bond donors (Lipinski definition) is 3. The smallest absolute Gasteiger partial charge is 0.237 e. The molecule has 3 N–H and O–H groups in total. The highest BCUT2D eigenvalue weighted by Crippen LogP contribution is 2.29. The van der Waals surface area contributed by atoms with Gasteiger partial charge in [0.05, 0.1) is 12.1 Å². The monoisotopic (exact) mass is 316 g/mol. The number of piperidine rings is 1. The van der Waals surface area contributed by atoms with Gasteiger partial charge in [-0.2, -0.15) is 0 Å². The lowest BCUT2D eigenvalue weighted by Gasteiger charge is -2.23. The van der Waals surface area contributed by atoms with Gasteiger partial charge in [-0.05, 0) is 31.5 Å². The molecule has 0 unspecified atom stereocenters. The minimum atomic E-state index is -0.913. The summed E-state index contributed by atoms with van der Waals surface area (Å²) in [7, 11) is 0. The summed E-state index contributed by atoms with van der Waals surface area (Å²) in [5.74, 6) is -0.0908. The van der Waals surface area contributed by atoms with Crippen LogP contribution in [0.2, 0.25) is 10.0 Å². The number of aliphatic hydroxyl groups excluding tert-OH is 1. The van der Waals surface area contributed by atoms with Gasteiger partial charge in [-0.1, -0.05) is 35.7 Å². The van der Waals surface area contributed by atoms with Crippen molar-refractivity contribution in [1.82, 2.24) is 10.6 Å². The van der Waals surface area contributed by atoms with Crippen LogP contribution in [0.25, 0.3) is 0 Å². The van der Waals surface area contributed by atoms with Gasteiger partial charge in [-0.25, -0.2) is 0 Å². The van der Waals surface area contributed by atoms with Crippen LogP contribution < -0.4 is 10.6 Å². The van der Waals surface area contributed by atoms with Gasteiger partial charge < -0.3 is 15.7 Å². The Hall–Kier alpha value is -0.810. The first-order valence-electron chi connectivity index (χ1n) is 6.72. The molecule has 0 saturated carbocycles. The Bertz CT molecular complexity index is 456. The van der Waals surface area contributed by atoms with Crippen molar-refractivity contribution in [2.75, 3.05) is 13.1 Å². The lowest BCUT2D eigenvalue weighted by molar-refractivity contribution is -0.124. The van der Waals surface area contributed by atoms with Crippen molar-refractivity contribution < 1.29 is 9.90 Å². The number of aliphatic hydroxyl groups is 1. The van der Waals surface area contributed by atoms with E-state index in [1.165, 1.54) is 0 Å². The first-order valence-corrected chi connectivity index (χ1v) is 7.48. The number of hydrogen-bond acceptors (Lipinski definition) is 3. The predicted molar refractivity (Wildman–Crippen MR) is 80.1 cm³/mol. The highest BCUT2D eigenvalue weighted by atomic mass is 35.5. The number of benzene rings is 1. The first kappa shape index (κ1) is 15.6. The third-order valence-electron chi connectivity index (χ3n) is 3.43. The molecule has 1 aromatic carbocycles. The van der Waals surface area contributed by atoms with Crippen LogP contribution in [0.3, 0.4) is 0 Å². The van der Waals surface area contributed by atoms with E-state index in [2.05, 4.69) is 10.6 Å². The van der Waals surface area contributed by atoms with Crippen LogP contribution in [0.1, 0.15) is 30.9 Å². The molecular weight excluding hydrogens is 299 g/mol. The van der Waals surface area contributed by atoms with E-state index >= 15 is 0 Å². The molecule has 1 heterocycles. The minimum Gasteiger partial charge on any atom is -0.386 e. The maximum Gasteiger partial charge on any atom is 0.237 e. The zero-order valence-electron chi connectivity index (χ0n) is 11.0. The molecule has 0 radical (unpaired) electrons. The molecule has 0 aromatic heterocycles. The predicted octanol–water partition coefficient (Wildman–Crippen LogP) is 2.29. The van der Waals surface area contributed by atoms with Gasteiger partial charge in [0.25, 0.3) is 0 Å². The Kier molecular flexibility index (Phi) is 5.66. The maximum absolute atomic E-state index is 12.0. The second kappa shape index (κ2) is 7.27. The molecule has 1 aromatic rings. The summed E-state index contributed by atoms with van der Waals surface area (Å²) in [5, 5.41) is 16.8. The molecular formula is C14H18Cl2N2O2. The van der Waals surface area contributed by atoms with Gasteiger partial charge in [-0.15, -0.1) is 0 Å². The van der Waals surface area contributed by atoms with E-state index in [1.807, 2.05) is 0 Å². The molecule has 2 atom stereocenters. The van der Waals surface area contributed by atoms with Crippen molar-refractivity contribution in [3.8, 4) is 0 Å². The number of amides is 1. The van der Waals surface area contributed by atoms with Crippen LogP contribution in [0.15, 0.2) is 18.2 Å². The number of halogens is 2. The second-order valence-electron chi connectivity index (χ2n) is 4.90. The summed E-state index contributed by atoms with van der Waals surface area (Å²) in [6.45, 7) is 0.956. The molecule has 110 valence electrons. The molecule has 20 heavy (non-hydrogen) atoms. The van der Waals surface area contributed by atoms with E-state index in [9.17, 15) is 9.90 Å². The van der Waals surface area contributed by atoms with Crippen molar-refractivity contribution in [3.05, 3.63) is 33.8 Å². The fourth-order valence-electron chi connectivity index (χ4n) is 2.33. The summed E-state index contributed by atoms with van der Waals surface area (Å²) < 4.78 is 0. The van der Waals surface area contributed by atoms with E-state index < -0.39 is 6.10 Å². The van der Waals surface area contributed by atoms with E-state index in [4.69, 9.17) is 23.2 Å². The average Bonchev–Trinajstić information content (AvgIpc) is 2.45. The standard InChI is InChI=1S/C14H18Cl2N2O2/c15-9-4-3-5-10(16)13(9)12(19)8-18-14(20)11-6-1-2-7-17-11/h3-5,11-12,17,19H,1-2,6-8H2,(H,18,20)/t11-,12+/m1/s1. The Morgan fingerprint density at radius 3 is 2.70 bits per heavy atom. The largest absolute Gasteiger partial charge is 0.386 e. The molecule has 0 bridgehead atoms. The van der Waals surface area contributed by atoms with E-state index in [-0.39, 0.29) is 18.5 Å². The number of carbonyl (C=O) groups excluding carboxylic acids is 1. The van der Waals surface area contributed by atoms with Crippen molar-refractivity contribution in [2.45, 2.75) is 31.4 Å². The molecule has 1 saturated heterocycles. The van der Waals surface area contributed by atoms with Crippen molar-refractivity contribution in [3.63, 3.8) is 0 Å². The van der Waals surface area contributed by atoms with Gasteiger partial charge in [-0.3, -0.25) is 4.79 Å². The third kappa shape index (κ3) is 3.85. The Balaban J connectivity index is 1.91. The van der Waals surface area contributed by atoms with Crippen molar-refractivity contribution >= 4 is 29.1 Å². The average molecular weight is 317 g/mol. The highest BCUT2D eigenvalue weighted by Gasteiger charge is 2.22. The van der Waals surface area contributed by atoms with E-state index in [0.717, 1.165) is 25.8 Å². The van der Waals surface area contributed by atoms with Crippen LogP contribution in [0.4, 0.5) is 0 Å². The number of nitrogens with one attached hydrogen (secondary N) is 2. The molecule has 2 rings (SSSR count). The zero-order chi connectivity index (χ0) is 14.5. The van der Waals surface area contributed by atoms with Crippen LogP contribution >= 0.6 is 23.2 Å². The molecule has 0 spiro atoms. The normalized spacial score (nSPS) is 20.4. The fraction of sp³-hybridized carbons (Fsp3) is 0.500. The lowest BCUT2D eigenvalue weighted by Crippen LogP contribution is -2.47. The molecule has 0 aliphatic carbocycles. The van der Waals surface area contributed by atoms with E-state index in [1.54, 1.807) is 18.2 Å². The van der Waals surface area contributed by atoms with Gasteiger partial charge in [0, 0.05) is 22.2 Å². The highest BCUT2D eigenvalue weighted by molar-refractivity contribution is 6.36. The molecule has 6 heteroatoms. The quantitative estimate of drug-likeness (QED) is 0.798. The van der Waals surface area contributed by atoms with E-state index in [0.29, 0.717) is 15.6 Å². The Labute approximate surface area is 128 Å². The molecule has 1 aliphatic rings. The van der Waals surface area contributed by atoms with Crippen LogP contribution in [-0.2, 0) is 4.79 Å². The van der Waals surface area contributed by atoms with Gasteiger partial charge in [0.1, 0.15) is 0 Å². The minimum absolute atomic E-state index is 0.0908. The molecule has 4 nitrogen and oxygen atoms in total. The summed E-state index contributed by atoms with van der Waals surface area (Å²) in [4.78, 5) is 12.0. The van der Waals surface area contributed by atoms with Gasteiger partial charge >= 0.3 is 0 Å². The summed E-state index contributed by atoms with van der Waals surface area (Å²) in [6.07, 6.45) is 2.06. The fourth-order valence-corrected chi connectivity index (χ4v) is 2.98. The Morgan fingerprint density at radius 1 is 1.40 bits per heavy atom. The first-order chi connectivity index (χ1) is 9.59. The maximum atomic E-state index is 12.0. The third-order valence-corrected chi connectivity index (χ3v) is 4.09. The molecule has 1 amide bonds. The molecule has 1 fully saturated rings. The van der Waals surface area contributed by atoms with Crippen molar-refractivity contribution in [1.29, 1.82) is 0 Å². The number of rotatable bonds is 4. The molecule has 1 aliphatic heterocycles. The lowest BCUT2D eigenvalue weighted by atomic mass is 10.0. The summed E-state index contributed by atoms with van der Waals surface area (Å²) >= 11 is 12.0. The number of carbonyl (C=O) groups is 1. The van der Waals surface area contributed by atoms with Gasteiger partial charge in [0.2, 0.25) is 5.91 Å². The van der Waals surface area contributed by atoms with Gasteiger partial charge in [0.15, 0.2) is 0 Å². The van der Waals surface area contributed by atoms with Crippen LogP contribution in [0, 0.1) is 0 Å². The Morgan fingerprint density at radius 2 is 2.10 bits per heavy atom. The van der Waals surface area contributed by atoms with Crippen LogP contribution in [0.5, 0.6) is 0 Å².